The van der Waals surface area contributed by atoms with Gasteiger partial charge in [-0.25, -0.2) is 0 Å². The highest BCUT2D eigenvalue weighted by Crippen LogP contribution is 2.37. The van der Waals surface area contributed by atoms with Gasteiger partial charge in [0.05, 0.1) is 15.4 Å². The van der Waals surface area contributed by atoms with E-state index in [0.29, 0.717) is 16.0 Å². The molecule has 78 valence electrons. The predicted molar refractivity (Wildman–Crippen MR) is 64.5 cm³/mol. The van der Waals surface area contributed by atoms with Crippen molar-refractivity contribution in [3.63, 3.8) is 0 Å². The van der Waals surface area contributed by atoms with E-state index in [9.17, 15) is 0 Å². The molecule has 0 spiro atoms. The topological polar surface area (TPSA) is 0 Å². The number of hydrogen-bond acceptors (Lipinski definition) is 0. The van der Waals surface area contributed by atoms with E-state index in [4.69, 9.17) is 34.8 Å². The fourth-order valence-corrected chi connectivity index (χ4v) is 2.09. The summed E-state index contributed by atoms with van der Waals surface area (Å²) in [5.41, 5.74) is 0.926. The summed E-state index contributed by atoms with van der Waals surface area (Å²) in [4.78, 5) is 0. The minimum absolute atomic E-state index is 0.0637. The van der Waals surface area contributed by atoms with E-state index >= 15 is 0 Å². The first-order chi connectivity index (χ1) is 6.57. The van der Waals surface area contributed by atoms with E-state index in [1.807, 2.05) is 12.1 Å². The summed E-state index contributed by atoms with van der Waals surface area (Å²) in [6, 6.07) is 5.58. The predicted octanol–water partition coefficient (Wildman–Crippen LogP) is 5.32. The lowest BCUT2D eigenvalue weighted by Gasteiger charge is -2.18. The molecule has 0 nitrogen and oxygen atoms in total. The molecule has 0 aliphatic carbocycles. The molecule has 0 aliphatic heterocycles. The molecule has 0 N–H and O–H groups in total. The van der Waals surface area contributed by atoms with Gasteiger partial charge in [-0.05, 0) is 17.5 Å². The molecule has 1 rings (SSSR count). The summed E-state index contributed by atoms with van der Waals surface area (Å²) < 4.78 is 0. The van der Waals surface area contributed by atoms with E-state index in [0.717, 1.165) is 12.0 Å². The lowest BCUT2D eigenvalue weighted by molar-refractivity contribution is 0.542. The van der Waals surface area contributed by atoms with E-state index in [1.165, 1.54) is 0 Å². The molecule has 0 bridgehead atoms. The Balaban J connectivity index is 3.01. The molecular formula is C11H13Cl3. The molecule has 0 saturated carbocycles. The van der Waals surface area contributed by atoms with Gasteiger partial charge in [0, 0.05) is 0 Å². The summed E-state index contributed by atoms with van der Waals surface area (Å²) in [5, 5.41) is 1.08. The van der Waals surface area contributed by atoms with Gasteiger partial charge in [0.15, 0.2) is 0 Å². The highest BCUT2D eigenvalue weighted by atomic mass is 35.5. The number of rotatable bonds is 3. The van der Waals surface area contributed by atoms with Crippen LogP contribution < -0.4 is 0 Å². The van der Waals surface area contributed by atoms with Crippen molar-refractivity contribution in [1.82, 2.24) is 0 Å². The molecule has 0 fully saturated rings. The number of alkyl halides is 1. The van der Waals surface area contributed by atoms with Crippen molar-refractivity contribution in [3.05, 3.63) is 33.8 Å². The normalized spacial score (nSPS) is 15.2. The van der Waals surface area contributed by atoms with Gasteiger partial charge < -0.3 is 0 Å². The number of hydrogen-bond donors (Lipinski definition) is 0. The van der Waals surface area contributed by atoms with Crippen LogP contribution in [0.1, 0.15) is 31.2 Å². The minimum atomic E-state index is -0.0637. The van der Waals surface area contributed by atoms with E-state index in [-0.39, 0.29) is 5.38 Å². The Bertz CT molecular complexity index is 309. The number of halogens is 3. The van der Waals surface area contributed by atoms with Gasteiger partial charge in [-0.3, -0.25) is 0 Å². The molecule has 14 heavy (non-hydrogen) atoms. The van der Waals surface area contributed by atoms with E-state index in [2.05, 4.69) is 13.8 Å². The van der Waals surface area contributed by atoms with Gasteiger partial charge in [0.25, 0.3) is 0 Å². The Morgan fingerprint density at radius 1 is 1.29 bits per heavy atom. The summed E-state index contributed by atoms with van der Waals surface area (Å²) in [6.07, 6.45) is 1.02. The van der Waals surface area contributed by atoms with Crippen LogP contribution in [-0.2, 0) is 0 Å². The molecule has 3 heteroatoms. The molecule has 0 amide bonds. The third-order valence-corrected chi connectivity index (χ3v) is 3.92. The van der Waals surface area contributed by atoms with Crippen LogP contribution in [0.25, 0.3) is 0 Å². The second-order valence-corrected chi connectivity index (χ2v) is 4.69. The summed E-state index contributed by atoms with van der Waals surface area (Å²) in [5.74, 6) is 0.396. The van der Waals surface area contributed by atoms with Crippen molar-refractivity contribution in [2.45, 2.75) is 25.6 Å². The molecule has 2 unspecified atom stereocenters. The van der Waals surface area contributed by atoms with Crippen LogP contribution in [0, 0.1) is 5.92 Å². The van der Waals surface area contributed by atoms with Crippen molar-refractivity contribution < 1.29 is 0 Å². The molecule has 2 atom stereocenters. The van der Waals surface area contributed by atoms with Crippen LogP contribution in [0.4, 0.5) is 0 Å². The fraction of sp³-hybridized carbons (Fsp3) is 0.455. The Morgan fingerprint density at radius 3 is 2.50 bits per heavy atom. The Kier molecular flexibility index (Phi) is 4.56. The molecule has 0 radical (unpaired) electrons. The number of benzene rings is 1. The molecular weight excluding hydrogens is 238 g/mol. The quantitative estimate of drug-likeness (QED) is 0.638. The van der Waals surface area contributed by atoms with E-state index in [1.54, 1.807) is 6.07 Å². The van der Waals surface area contributed by atoms with Gasteiger partial charge in [-0.1, -0.05) is 55.6 Å². The second-order valence-electron chi connectivity index (χ2n) is 3.43. The smallest absolute Gasteiger partial charge is 0.0639 e. The lowest BCUT2D eigenvalue weighted by atomic mass is 9.98. The lowest BCUT2D eigenvalue weighted by Crippen LogP contribution is -2.03. The summed E-state index contributed by atoms with van der Waals surface area (Å²) in [6.45, 7) is 4.22. The zero-order valence-electron chi connectivity index (χ0n) is 8.23. The second kappa shape index (κ2) is 5.25. The zero-order valence-corrected chi connectivity index (χ0v) is 10.5. The van der Waals surface area contributed by atoms with Crippen LogP contribution in [0.15, 0.2) is 18.2 Å². The monoisotopic (exact) mass is 250 g/mol. The van der Waals surface area contributed by atoms with Crippen molar-refractivity contribution in [2.75, 3.05) is 0 Å². The van der Waals surface area contributed by atoms with E-state index < -0.39 is 0 Å². The van der Waals surface area contributed by atoms with Gasteiger partial charge in [0.1, 0.15) is 0 Å². The maximum absolute atomic E-state index is 6.29. The van der Waals surface area contributed by atoms with Crippen molar-refractivity contribution in [3.8, 4) is 0 Å². The van der Waals surface area contributed by atoms with Crippen molar-refractivity contribution in [2.24, 2.45) is 5.92 Å². The third kappa shape index (κ3) is 2.56. The fourth-order valence-electron chi connectivity index (χ4n) is 1.25. The van der Waals surface area contributed by atoms with Gasteiger partial charge >= 0.3 is 0 Å². The third-order valence-electron chi connectivity index (χ3n) is 2.42. The minimum Gasteiger partial charge on any atom is -0.117 e. The van der Waals surface area contributed by atoms with Gasteiger partial charge in [0.2, 0.25) is 0 Å². The SMILES string of the molecule is CCC(C)C(Cl)c1cccc(Cl)c1Cl. The van der Waals surface area contributed by atoms with Gasteiger partial charge in [-0.15, -0.1) is 11.6 Å². The Labute approximate surface area is 100 Å². The molecule has 0 aliphatic rings. The van der Waals surface area contributed by atoms with Crippen molar-refractivity contribution >= 4 is 34.8 Å². The average molecular weight is 252 g/mol. The van der Waals surface area contributed by atoms with Crippen LogP contribution in [0.2, 0.25) is 10.0 Å². The largest absolute Gasteiger partial charge is 0.117 e. The maximum atomic E-state index is 6.29. The zero-order chi connectivity index (χ0) is 10.7. The summed E-state index contributed by atoms with van der Waals surface area (Å²) >= 11 is 18.3. The van der Waals surface area contributed by atoms with Crippen LogP contribution in [-0.4, -0.2) is 0 Å². The molecule has 0 heterocycles. The first-order valence-electron chi connectivity index (χ1n) is 4.65. The first-order valence-corrected chi connectivity index (χ1v) is 5.85. The highest BCUT2D eigenvalue weighted by Gasteiger charge is 2.18. The average Bonchev–Trinajstić information content (AvgIpc) is 2.20. The van der Waals surface area contributed by atoms with Crippen LogP contribution in [0.5, 0.6) is 0 Å². The standard InChI is InChI=1S/C11H13Cl3/c1-3-7(2)10(13)8-5-4-6-9(12)11(8)14/h4-7,10H,3H2,1-2H3. The van der Waals surface area contributed by atoms with Crippen LogP contribution >= 0.6 is 34.8 Å². The molecule has 0 aromatic heterocycles. The summed E-state index contributed by atoms with van der Waals surface area (Å²) in [7, 11) is 0. The Morgan fingerprint density at radius 2 is 1.93 bits per heavy atom. The molecule has 0 saturated heterocycles. The molecule has 1 aromatic carbocycles. The highest BCUT2D eigenvalue weighted by molar-refractivity contribution is 6.43. The first kappa shape index (κ1) is 12.2. The molecule has 1 aromatic rings. The maximum Gasteiger partial charge on any atom is 0.0639 e. The Hall–Kier alpha value is 0.0900. The van der Waals surface area contributed by atoms with Crippen molar-refractivity contribution in [1.29, 1.82) is 0 Å². The van der Waals surface area contributed by atoms with Gasteiger partial charge in [-0.2, -0.15) is 0 Å². The van der Waals surface area contributed by atoms with Crippen LogP contribution in [0.3, 0.4) is 0 Å².